The number of amides is 2. The molecule has 16 heavy (non-hydrogen) atoms. The molecule has 2 amide bonds. The second-order valence-electron chi connectivity index (χ2n) is 3.77. The van der Waals surface area contributed by atoms with Crippen molar-refractivity contribution in [2.24, 2.45) is 5.92 Å². The molecule has 3 N–H and O–H groups in total. The zero-order valence-electron chi connectivity index (χ0n) is 9.01. The molecular weight excluding hydrogens is 216 g/mol. The number of rotatable bonds is 3. The summed E-state index contributed by atoms with van der Waals surface area (Å²) >= 11 is 0. The maximum absolute atomic E-state index is 11.7. The highest BCUT2D eigenvalue weighted by atomic mass is 16.4. The van der Waals surface area contributed by atoms with Gasteiger partial charge in [-0.15, -0.1) is 0 Å². The largest absolute Gasteiger partial charge is 0.481 e. The van der Waals surface area contributed by atoms with Gasteiger partial charge in [0, 0.05) is 0 Å². The van der Waals surface area contributed by atoms with Gasteiger partial charge >= 0.3 is 5.97 Å². The molecule has 0 saturated carbocycles. The van der Waals surface area contributed by atoms with Gasteiger partial charge in [-0.05, 0) is 13.8 Å². The van der Waals surface area contributed by atoms with Crippen LogP contribution in [0.2, 0.25) is 0 Å². The number of hydrogen-bond acceptors (Lipinski definition) is 4. The second-order valence-corrected chi connectivity index (χ2v) is 3.77. The predicted molar refractivity (Wildman–Crippen MR) is 52.1 cm³/mol. The van der Waals surface area contributed by atoms with Crippen LogP contribution in [-0.2, 0) is 14.4 Å². The molecule has 0 aliphatic carbocycles. The highest BCUT2D eigenvalue weighted by molar-refractivity contribution is 5.97. The van der Waals surface area contributed by atoms with Crippen LogP contribution in [0.5, 0.6) is 0 Å². The van der Waals surface area contributed by atoms with Crippen molar-refractivity contribution in [3.63, 3.8) is 0 Å². The minimum absolute atomic E-state index is 0.251. The van der Waals surface area contributed by atoms with Crippen LogP contribution < -0.4 is 5.32 Å². The third-order valence-electron chi connectivity index (χ3n) is 2.52. The summed E-state index contributed by atoms with van der Waals surface area (Å²) in [5, 5.41) is 20.4. The van der Waals surface area contributed by atoms with Gasteiger partial charge < -0.3 is 20.4 Å². The topological polar surface area (TPSA) is 107 Å². The second kappa shape index (κ2) is 4.48. The molecule has 1 fully saturated rings. The smallest absolute Gasteiger partial charge is 0.308 e. The van der Waals surface area contributed by atoms with Gasteiger partial charge in [0.2, 0.25) is 11.8 Å². The van der Waals surface area contributed by atoms with Gasteiger partial charge in [-0.1, -0.05) is 0 Å². The molecule has 7 nitrogen and oxygen atoms in total. The van der Waals surface area contributed by atoms with Gasteiger partial charge in [-0.25, -0.2) is 0 Å². The first-order valence-corrected chi connectivity index (χ1v) is 4.85. The molecule has 0 spiro atoms. The Morgan fingerprint density at radius 3 is 2.50 bits per heavy atom. The van der Waals surface area contributed by atoms with E-state index >= 15 is 0 Å². The summed E-state index contributed by atoms with van der Waals surface area (Å²) in [7, 11) is 0. The maximum Gasteiger partial charge on any atom is 0.308 e. The first kappa shape index (κ1) is 12.4. The molecule has 1 saturated heterocycles. The quantitative estimate of drug-likeness (QED) is 0.539. The standard InChI is InChI=1S/C9H14N2O5/c1-4(9(15)16)7-8(14)11(5(2)12)3-6(13)10-7/h4-5,7,12H,3H2,1-2H3,(H,10,13)(H,15,16). The molecule has 0 radical (unpaired) electrons. The molecule has 1 aliphatic heterocycles. The van der Waals surface area contributed by atoms with Crippen LogP contribution in [0.4, 0.5) is 0 Å². The van der Waals surface area contributed by atoms with Gasteiger partial charge in [0.15, 0.2) is 0 Å². The third kappa shape index (κ3) is 2.30. The fourth-order valence-electron chi connectivity index (χ4n) is 1.49. The molecule has 3 atom stereocenters. The number of carbonyl (C=O) groups is 3. The van der Waals surface area contributed by atoms with E-state index in [1.54, 1.807) is 0 Å². The molecule has 7 heteroatoms. The fourth-order valence-corrected chi connectivity index (χ4v) is 1.49. The Balaban J connectivity index is 2.89. The lowest BCUT2D eigenvalue weighted by molar-refractivity contribution is -0.158. The van der Waals surface area contributed by atoms with Gasteiger partial charge in [0.1, 0.15) is 18.8 Å². The number of aliphatic hydroxyl groups excluding tert-OH is 1. The first-order chi connectivity index (χ1) is 7.34. The number of aliphatic hydroxyl groups is 1. The van der Waals surface area contributed by atoms with Crippen LogP contribution in [0, 0.1) is 5.92 Å². The van der Waals surface area contributed by atoms with Crippen LogP contribution in [-0.4, -0.2) is 51.7 Å². The normalized spacial score (nSPS) is 24.9. The highest BCUT2D eigenvalue weighted by Gasteiger charge is 2.40. The monoisotopic (exact) mass is 230 g/mol. The van der Waals surface area contributed by atoms with Gasteiger partial charge in [-0.3, -0.25) is 14.4 Å². The number of hydrogen-bond donors (Lipinski definition) is 3. The number of piperazine rings is 1. The lowest BCUT2D eigenvalue weighted by Gasteiger charge is -2.35. The average Bonchev–Trinajstić information content (AvgIpc) is 2.19. The molecule has 0 aromatic carbocycles. The SMILES string of the molecule is CC(C(=O)O)C1NC(=O)CN(C(C)O)C1=O. The molecule has 1 aliphatic rings. The van der Waals surface area contributed by atoms with Crippen molar-refractivity contribution in [1.29, 1.82) is 0 Å². The number of carbonyl (C=O) groups excluding carboxylic acids is 2. The van der Waals surface area contributed by atoms with Crippen LogP contribution in [0.3, 0.4) is 0 Å². The molecule has 0 aromatic heterocycles. The summed E-state index contributed by atoms with van der Waals surface area (Å²) in [6, 6.07) is -1.12. The maximum atomic E-state index is 11.7. The zero-order chi connectivity index (χ0) is 12.5. The summed E-state index contributed by atoms with van der Waals surface area (Å²) in [4.78, 5) is 34.7. The zero-order valence-corrected chi connectivity index (χ0v) is 9.01. The van der Waals surface area contributed by atoms with Crippen molar-refractivity contribution < 1.29 is 24.6 Å². The van der Waals surface area contributed by atoms with Gasteiger partial charge in [0.05, 0.1) is 5.92 Å². The fraction of sp³-hybridized carbons (Fsp3) is 0.667. The average molecular weight is 230 g/mol. The number of carboxylic acids is 1. The summed E-state index contributed by atoms with van der Waals surface area (Å²) in [6.45, 7) is 2.43. The van der Waals surface area contributed by atoms with Crippen molar-refractivity contribution in [2.45, 2.75) is 26.1 Å². The van der Waals surface area contributed by atoms with E-state index in [1.807, 2.05) is 0 Å². The van der Waals surface area contributed by atoms with E-state index in [0.717, 1.165) is 4.90 Å². The predicted octanol–water partition coefficient (Wildman–Crippen LogP) is -1.63. The Bertz CT molecular complexity index is 328. The molecule has 1 rings (SSSR count). The first-order valence-electron chi connectivity index (χ1n) is 4.85. The van der Waals surface area contributed by atoms with Crippen LogP contribution in [0.15, 0.2) is 0 Å². The van der Waals surface area contributed by atoms with Crippen molar-refractivity contribution in [3.8, 4) is 0 Å². The van der Waals surface area contributed by atoms with E-state index in [0.29, 0.717) is 0 Å². The molecule has 0 aromatic rings. The molecule has 1 heterocycles. The highest BCUT2D eigenvalue weighted by Crippen LogP contribution is 2.13. The molecular formula is C9H14N2O5. The Kier molecular flexibility index (Phi) is 3.48. The molecule has 90 valence electrons. The lowest BCUT2D eigenvalue weighted by Crippen LogP contribution is -2.62. The van der Waals surface area contributed by atoms with E-state index in [1.165, 1.54) is 13.8 Å². The third-order valence-corrected chi connectivity index (χ3v) is 2.52. The Morgan fingerprint density at radius 2 is 2.06 bits per heavy atom. The lowest BCUT2D eigenvalue weighted by atomic mass is 9.99. The van der Waals surface area contributed by atoms with Crippen molar-refractivity contribution in [3.05, 3.63) is 0 Å². The Hall–Kier alpha value is -1.63. The summed E-state index contributed by atoms with van der Waals surface area (Å²) in [6.07, 6.45) is -1.11. The number of nitrogens with one attached hydrogen (secondary N) is 1. The Morgan fingerprint density at radius 1 is 1.50 bits per heavy atom. The van der Waals surface area contributed by atoms with E-state index in [4.69, 9.17) is 5.11 Å². The number of carboxylic acid groups (broad SMARTS) is 1. The Labute approximate surface area is 92.0 Å². The summed E-state index contributed by atoms with van der Waals surface area (Å²) < 4.78 is 0. The van der Waals surface area contributed by atoms with Crippen LogP contribution in [0.25, 0.3) is 0 Å². The van der Waals surface area contributed by atoms with Crippen LogP contribution >= 0.6 is 0 Å². The van der Waals surface area contributed by atoms with E-state index in [2.05, 4.69) is 5.32 Å². The number of nitrogens with zero attached hydrogens (tertiary/aromatic N) is 1. The minimum Gasteiger partial charge on any atom is -0.481 e. The van der Waals surface area contributed by atoms with Crippen LogP contribution in [0.1, 0.15) is 13.8 Å². The van der Waals surface area contributed by atoms with Crippen molar-refractivity contribution >= 4 is 17.8 Å². The van der Waals surface area contributed by atoms with E-state index in [-0.39, 0.29) is 6.54 Å². The molecule has 0 bridgehead atoms. The van der Waals surface area contributed by atoms with Crippen molar-refractivity contribution in [1.82, 2.24) is 10.2 Å². The minimum atomic E-state index is -1.17. The summed E-state index contributed by atoms with van der Waals surface area (Å²) in [5.41, 5.74) is 0. The van der Waals surface area contributed by atoms with Crippen molar-refractivity contribution in [2.75, 3.05) is 6.54 Å². The van der Waals surface area contributed by atoms with E-state index < -0.39 is 36.0 Å². The van der Waals surface area contributed by atoms with Gasteiger partial charge in [-0.2, -0.15) is 0 Å². The number of aliphatic carboxylic acids is 1. The van der Waals surface area contributed by atoms with Gasteiger partial charge in [0.25, 0.3) is 0 Å². The summed E-state index contributed by atoms with van der Waals surface area (Å²) in [5.74, 6) is -3.26. The van der Waals surface area contributed by atoms with E-state index in [9.17, 15) is 19.5 Å². The molecule has 3 unspecified atom stereocenters.